The maximum Gasteiger partial charge on any atom is 0.252 e. The number of aromatic amines is 1. The molecule has 1 aromatic heterocycles. The van der Waals surface area contributed by atoms with Crippen molar-refractivity contribution in [3.8, 4) is 0 Å². The van der Waals surface area contributed by atoms with Gasteiger partial charge in [0, 0.05) is 24.2 Å². The molecule has 106 valence electrons. The number of H-pyrrole nitrogens is 1. The van der Waals surface area contributed by atoms with E-state index in [4.69, 9.17) is 0 Å². The monoisotopic (exact) mass is 272 g/mol. The lowest BCUT2D eigenvalue weighted by Crippen LogP contribution is -2.29. The minimum atomic E-state index is -0.183. The van der Waals surface area contributed by atoms with E-state index >= 15 is 0 Å². The van der Waals surface area contributed by atoms with Crippen LogP contribution in [0.4, 0.5) is 0 Å². The highest BCUT2D eigenvalue weighted by molar-refractivity contribution is 5.78. The molecular formula is C16H20N2O2. The number of nitrogens with one attached hydrogen (secondary N) is 2. The third-order valence-electron chi connectivity index (χ3n) is 4.17. The molecule has 4 nitrogen and oxygen atoms in total. The van der Waals surface area contributed by atoms with Gasteiger partial charge in [-0.2, -0.15) is 0 Å². The Kier molecular flexibility index (Phi) is 3.85. The summed E-state index contributed by atoms with van der Waals surface area (Å²) in [5.74, 6) is 0.328. The summed E-state index contributed by atoms with van der Waals surface area (Å²) in [6, 6.07) is 9.72. The van der Waals surface area contributed by atoms with E-state index < -0.39 is 0 Å². The molecule has 3 rings (SSSR count). The Morgan fingerprint density at radius 3 is 2.95 bits per heavy atom. The first-order chi connectivity index (χ1) is 9.74. The van der Waals surface area contributed by atoms with Crippen molar-refractivity contribution in [2.24, 2.45) is 5.92 Å². The van der Waals surface area contributed by atoms with E-state index in [2.05, 4.69) is 10.3 Å². The summed E-state index contributed by atoms with van der Waals surface area (Å²) < 4.78 is 0. The van der Waals surface area contributed by atoms with Crippen LogP contribution >= 0.6 is 0 Å². The SMILES string of the molecule is O=c1[nH]c2ccccc2cc1CNCC1CCCC1O. The Balaban J connectivity index is 1.68. The highest BCUT2D eigenvalue weighted by Crippen LogP contribution is 2.24. The molecule has 2 atom stereocenters. The van der Waals surface area contributed by atoms with Crippen molar-refractivity contribution in [3.05, 3.63) is 46.2 Å². The van der Waals surface area contributed by atoms with Gasteiger partial charge in [0.1, 0.15) is 0 Å². The van der Waals surface area contributed by atoms with Crippen molar-refractivity contribution in [3.63, 3.8) is 0 Å². The normalized spacial score (nSPS) is 22.4. The van der Waals surface area contributed by atoms with E-state index in [9.17, 15) is 9.90 Å². The van der Waals surface area contributed by atoms with E-state index in [1.54, 1.807) is 0 Å². The number of hydrogen-bond donors (Lipinski definition) is 3. The fraction of sp³-hybridized carbons (Fsp3) is 0.438. The molecule has 1 saturated carbocycles. The molecule has 0 saturated heterocycles. The van der Waals surface area contributed by atoms with Gasteiger partial charge in [0.15, 0.2) is 0 Å². The molecular weight excluding hydrogens is 252 g/mol. The van der Waals surface area contributed by atoms with Crippen molar-refractivity contribution in [1.82, 2.24) is 10.3 Å². The van der Waals surface area contributed by atoms with Crippen LogP contribution in [-0.4, -0.2) is 22.7 Å². The second-order valence-electron chi connectivity index (χ2n) is 5.60. The van der Waals surface area contributed by atoms with Crippen molar-refractivity contribution >= 4 is 10.9 Å². The van der Waals surface area contributed by atoms with Crippen molar-refractivity contribution in [2.45, 2.75) is 31.9 Å². The van der Waals surface area contributed by atoms with Gasteiger partial charge < -0.3 is 15.4 Å². The zero-order valence-electron chi connectivity index (χ0n) is 11.4. The van der Waals surface area contributed by atoms with Crippen molar-refractivity contribution in [1.29, 1.82) is 0 Å². The van der Waals surface area contributed by atoms with Crippen LogP contribution in [0.5, 0.6) is 0 Å². The Morgan fingerprint density at radius 2 is 2.15 bits per heavy atom. The van der Waals surface area contributed by atoms with E-state index in [-0.39, 0.29) is 11.7 Å². The fourth-order valence-corrected chi connectivity index (χ4v) is 2.97. The van der Waals surface area contributed by atoms with Gasteiger partial charge in [0.05, 0.1) is 6.10 Å². The van der Waals surface area contributed by atoms with Gasteiger partial charge in [0.25, 0.3) is 5.56 Å². The zero-order valence-corrected chi connectivity index (χ0v) is 11.4. The van der Waals surface area contributed by atoms with E-state index in [0.29, 0.717) is 12.5 Å². The molecule has 0 aliphatic heterocycles. The van der Waals surface area contributed by atoms with Gasteiger partial charge >= 0.3 is 0 Å². The second kappa shape index (κ2) is 5.77. The molecule has 3 N–H and O–H groups in total. The first kappa shape index (κ1) is 13.3. The lowest BCUT2D eigenvalue weighted by Gasteiger charge is -2.15. The number of fused-ring (bicyclic) bond motifs is 1. The number of hydrogen-bond acceptors (Lipinski definition) is 3. The van der Waals surface area contributed by atoms with Gasteiger partial charge in [-0.25, -0.2) is 0 Å². The predicted molar refractivity (Wildman–Crippen MR) is 79.6 cm³/mol. The minimum absolute atomic E-state index is 0.0387. The molecule has 0 radical (unpaired) electrons. The van der Waals surface area contributed by atoms with E-state index in [0.717, 1.165) is 42.3 Å². The van der Waals surface area contributed by atoms with Gasteiger partial charge in [-0.1, -0.05) is 24.6 Å². The third kappa shape index (κ3) is 2.76. The molecule has 1 aliphatic rings. The summed E-state index contributed by atoms with van der Waals surface area (Å²) in [6.07, 6.45) is 2.90. The molecule has 1 fully saturated rings. The predicted octanol–water partition coefficient (Wildman–Crippen LogP) is 1.78. The molecule has 1 aromatic carbocycles. The van der Waals surface area contributed by atoms with Crippen LogP contribution in [0.15, 0.2) is 35.1 Å². The number of aliphatic hydroxyl groups excluding tert-OH is 1. The molecule has 2 unspecified atom stereocenters. The Hall–Kier alpha value is -1.65. The maximum absolute atomic E-state index is 12.0. The zero-order chi connectivity index (χ0) is 13.9. The fourth-order valence-electron chi connectivity index (χ4n) is 2.97. The first-order valence-corrected chi connectivity index (χ1v) is 7.24. The van der Waals surface area contributed by atoms with Crippen molar-refractivity contribution in [2.75, 3.05) is 6.54 Å². The number of rotatable bonds is 4. The van der Waals surface area contributed by atoms with Crippen LogP contribution < -0.4 is 10.9 Å². The summed E-state index contributed by atoms with van der Waals surface area (Å²) in [5.41, 5.74) is 1.58. The van der Waals surface area contributed by atoms with E-state index in [1.807, 2.05) is 30.3 Å². The van der Waals surface area contributed by atoms with Crippen LogP contribution in [0, 0.1) is 5.92 Å². The highest BCUT2D eigenvalue weighted by atomic mass is 16.3. The third-order valence-corrected chi connectivity index (χ3v) is 4.17. The van der Waals surface area contributed by atoms with Crippen LogP contribution in [0.25, 0.3) is 10.9 Å². The van der Waals surface area contributed by atoms with Gasteiger partial charge in [0.2, 0.25) is 0 Å². The molecule has 2 aromatic rings. The summed E-state index contributed by atoms with van der Waals surface area (Å²) in [4.78, 5) is 14.9. The quantitative estimate of drug-likeness (QED) is 0.795. The largest absolute Gasteiger partial charge is 0.393 e. The molecule has 20 heavy (non-hydrogen) atoms. The first-order valence-electron chi connectivity index (χ1n) is 7.24. The van der Waals surface area contributed by atoms with Crippen LogP contribution in [0.1, 0.15) is 24.8 Å². The van der Waals surface area contributed by atoms with Gasteiger partial charge in [-0.05, 0) is 36.3 Å². The Morgan fingerprint density at radius 1 is 1.30 bits per heavy atom. The summed E-state index contributed by atoms with van der Waals surface area (Å²) in [6.45, 7) is 1.32. The molecule has 1 heterocycles. The molecule has 4 heteroatoms. The molecule has 1 aliphatic carbocycles. The average Bonchev–Trinajstić information content (AvgIpc) is 2.85. The van der Waals surface area contributed by atoms with E-state index in [1.165, 1.54) is 0 Å². The Labute approximate surface area is 117 Å². The summed E-state index contributed by atoms with van der Waals surface area (Å²) in [7, 11) is 0. The number of aliphatic hydroxyl groups is 1. The lowest BCUT2D eigenvalue weighted by atomic mass is 10.1. The topological polar surface area (TPSA) is 65.1 Å². The average molecular weight is 272 g/mol. The summed E-state index contributed by atoms with van der Waals surface area (Å²) in [5, 5.41) is 14.1. The summed E-state index contributed by atoms with van der Waals surface area (Å²) >= 11 is 0. The second-order valence-corrected chi connectivity index (χ2v) is 5.60. The molecule has 0 spiro atoms. The maximum atomic E-state index is 12.0. The standard InChI is InChI=1S/C16H20N2O2/c19-15-7-3-5-12(15)9-17-10-13-8-11-4-1-2-6-14(11)18-16(13)20/h1-2,4,6,8,12,15,17,19H,3,5,7,9-10H2,(H,18,20). The number of aromatic nitrogens is 1. The van der Waals surface area contributed by atoms with Crippen LogP contribution in [0.2, 0.25) is 0 Å². The van der Waals surface area contributed by atoms with Crippen LogP contribution in [-0.2, 0) is 6.54 Å². The molecule has 0 amide bonds. The minimum Gasteiger partial charge on any atom is -0.393 e. The smallest absolute Gasteiger partial charge is 0.252 e. The van der Waals surface area contributed by atoms with Crippen molar-refractivity contribution < 1.29 is 5.11 Å². The molecule has 0 bridgehead atoms. The van der Waals surface area contributed by atoms with Gasteiger partial charge in [-0.3, -0.25) is 4.79 Å². The van der Waals surface area contributed by atoms with Crippen LogP contribution in [0.3, 0.4) is 0 Å². The Bertz CT molecular complexity index is 650. The highest BCUT2D eigenvalue weighted by Gasteiger charge is 2.24. The van der Waals surface area contributed by atoms with Gasteiger partial charge in [-0.15, -0.1) is 0 Å². The number of benzene rings is 1. The number of pyridine rings is 1. The lowest BCUT2D eigenvalue weighted by molar-refractivity contribution is 0.131. The number of para-hydroxylation sites is 1.